The third-order valence-electron chi connectivity index (χ3n) is 2.67. The van der Waals surface area contributed by atoms with Crippen LogP contribution in [0.3, 0.4) is 0 Å². The van der Waals surface area contributed by atoms with Crippen LogP contribution in [0.2, 0.25) is 0 Å². The summed E-state index contributed by atoms with van der Waals surface area (Å²) in [5.41, 5.74) is 1.18. The van der Waals surface area contributed by atoms with Crippen molar-refractivity contribution in [2.24, 2.45) is 0 Å². The average molecular weight is 247 g/mol. The first-order valence-electron chi connectivity index (χ1n) is 6.16. The molecular weight excluding hydrogens is 226 g/mol. The lowest BCUT2D eigenvalue weighted by atomic mass is 10.1. The molecule has 1 N–H and O–H groups in total. The molecule has 3 heteroatoms. The maximum Gasteiger partial charge on any atom is 0.162 e. The van der Waals surface area contributed by atoms with E-state index in [0.717, 1.165) is 18.0 Å². The van der Waals surface area contributed by atoms with Crippen LogP contribution in [0.4, 0.5) is 0 Å². The van der Waals surface area contributed by atoms with Gasteiger partial charge in [-0.25, -0.2) is 0 Å². The van der Waals surface area contributed by atoms with Gasteiger partial charge in [-0.15, -0.1) is 5.92 Å². The minimum Gasteiger partial charge on any atom is -0.493 e. The molecule has 0 spiro atoms. The van der Waals surface area contributed by atoms with Crippen LogP contribution >= 0.6 is 0 Å². The highest BCUT2D eigenvalue weighted by Crippen LogP contribution is 2.30. The van der Waals surface area contributed by atoms with Gasteiger partial charge in [0.2, 0.25) is 0 Å². The van der Waals surface area contributed by atoms with E-state index in [4.69, 9.17) is 9.47 Å². The Morgan fingerprint density at radius 2 is 2.11 bits per heavy atom. The summed E-state index contributed by atoms with van der Waals surface area (Å²) in [5, 5.41) is 3.37. The van der Waals surface area contributed by atoms with Crippen LogP contribution in [0.15, 0.2) is 18.2 Å². The molecule has 1 rings (SSSR count). The molecular formula is C15H21NO2. The van der Waals surface area contributed by atoms with Gasteiger partial charge < -0.3 is 14.8 Å². The SMILES string of the molecule is CC#CCOc1ccc(C(C)NCC)cc1OC. The molecule has 1 atom stereocenters. The molecule has 0 fully saturated rings. The average Bonchev–Trinajstić information content (AvgIpc) is 2.39. The van der Waals surface area contributed by atoms with Gasteiger partial charge in [-0.3, -0.25) is 0 Å². The standard InChI is InChI=1S/C15H21NO2/c1-5-7-10-18-14-9-8-13(11-15(14)17-4)12(3)16-6-2/h8-9,11-12,16H,6,10H2,1-4H3. The van der Waals surface area contributed by atoms with E-state index in [1.807, 2.05) is 18.2 Å². The third kappa shape index (κ3) is 3.97. The molecule has 1 aromatic rings. The minimum absolute atomic E-state index is 0.299. The van der Waals surface area contributed by atoms with Crippen molar-refractivity contribution in [3.8, 4) is 23.3 Å². The first kappa shape index (κ1) is 14.4. The van der Waals surface area contributed by atoms with Gasteiger partial charge >= 0.3 is 0 Å². The number of hydrogen-bond acceptors (Lipinski definition) is 3. The van der Waals surface area contributed by atoms with Crippen molar-refractivity contribution >= 4 is 0 Å². The highest BCUT2D eigenvalue weighted by molar-refractivity contribution is 5.44. The van der Waals surface area contributed by atoms with Crippen LogP contribution in [0.1, 0.15) is 32.4 Å². The quantitative estimate of drug-likeness (QED) is 0.784. The van der Waals surface area contributed by atoms with Gasteiger partial charge in [-0.05, 0) is 38.1 Å². The summed E-state index contributed by atoms with van der Waals surface area (Å²) in [4.78, 5) is 0. The maximum atomic E-state index is 5.54. The van der Waals surface area contributed by atoms with E-state index >= 15 is 0 Å². The smallest absolute Gasteiger partial charge is 0.162 e. The molecule has 0 radical (unpaired) electrons. The van der Waals surface area contributed by atoms with E-state index in [1.165, 1.54) is 5.56 Å². The lowest BCUT2D eigenvalue weighted by Gasteiger charge is -2.15. The summed E-state index contributed by atoms with van der Waals surface area (Å²) in [7, 11) is 1.65. The molecule has 0 heterocycles. The second-order valence-electron chi connectivity index (χ2n) is 3.91. The molecule has 0 aliphatic heterocycles. The molecule has 0 aliphatic carbocycles. The zero-order valence-corrected chi connectivity index (χ0v) is 11.5. The predicted octanol–water partition coefficient (Wildman–Crippen LogP) is 2.77. The van der Waals surface area contributed by atoms with Gasteiger partial charge in [0.15, 0.2) is 11.5 Å². The molecule has 3 nitrogen and oxygen atoms in total. The van der Waals surface area contributed by atoms with Crippen LogP contribution < -0.4 is 14.8 Å². The van der Waals surface area contributed by atoms with E-state index in [0.29, 0.717) is 12.6 Å². The molecule has 1 aromatic carbocycles. The van der Waals surface area contributed by atoms with E-state index in [9.17, 15) is 0 Å². The van der Waals surface area contributed by atoms with Crippen molar-refractivity contribution < 1.29 is 9.47 Å². The molecule has 98 valence electrons. The first-order chi connectivity index (χ1) is 8.72. The number of ether oxygens (including phenoxy) is 2. The minimum atomic E-state index is 0.299. The van der Waals surface area contributed by atoms with Crippen molar-refractivity contribution in [1.82, 2.24) is 5.32 Å². The molecule has 0 saturated heterocycles. The van der Waals surface area contributed by atoms with Gasteiger partial charge in [0.1, 0.15) is 6.61 Å². The normalized spacial score (nSPS) is 11.3. The number of nitrogens with one attached hydrogen (secondary N) is 1. The summed E-state index contributed by atoms with van der Waals surface area (Å²) < 4.78 is 10.9. The van der Waals surface area contributed by atoms with Crippen molar-refractivity contribution in [3.05, 3.63) is 23.8 Å². The molecule has 0 bridgehead atoms. The lowest BCUT2D eigenvalue weighted by molar-refractivity contribution is 0.330. The Balaban J connectivity index is 2.84. The number of hydrogen-bond donors (Lipinski definition) is 1. The fourth-order valence-electron chi connectivity index (χ4n) is 1.68. The van der Waals surface area contributed by atoms with Gasteiger partial charge in [0.05, 0.1) is 7.11 Å². The zero-order valence-electron chi connectivity index (χ0n) is 11.5. The maximum absolute atomic E-state index is 5.54. The molecule has 0 aromatic heterocycles. The Morgan fingerprint density at radius 3 is 2.72 bits per heavy atom. The summed E-state index contributed by atoms with van der Waals surface area (Å²) in [6.45, 7) is 7.33. The molecule has 1 unspecified atom stereocenters. The van der Waals surface area contributed by atoms with Gasteiger partial charge in [-0.2, -0.15) is 0 Å². The Bertz CT molecular complexity index is 432. The first-order valence-corrected chi connectivity index (χ1v) is 6.16. The van der Waals surface area contributed by atoms with Crippen LogP contribution in [-0.4, -0.2) is 20.3 Å². The second-order valence-corrected chi connectivity index (χ2v) is 3.91. The Kier molecular flexibility index (Phi) is 6.10. The lowest BCUT2D eigenvalue weighted by Crippen LogP contribution is -2.17. The van der Waals surface area contributed by atoms with Gasteiger partial charge in [0.25, 0.3) is 0 Å². The van der Waals surface area contributed by atoms with Crippen LogP contribution in [0.5, 0.6) is 11.5 Å². The number of methoxy groups -OCH3 is 1. The Hall–Kier alpha value is -1.66. The monoisotopic (exact) mass is 247 g/mol. The molecule has 0 aliphatic rings. The van der Waals surface area contributed by atoms with Crippen molar-refractivity contribution in [1.29, 1.82) is 0 Å². The number of rotatable bonds is 6. The highest BCUT2D eigenvalue weighted by Gasteiger charge is 2.09. The Labute approximate surface area is 109 Å². The second kappa shape index (κ2) is 7.62. The van der Waals surface area contributed by atoms with Crippen LogP contribution in [-0.2, 0) is 0 Å². The number of benzene rings is 1. The largest absolute Gasteiger partial charge is 0.493 e. The topological polar surface area (TPSA) is 30.5 Å². The molecule has 18 heavy (non-hydrogen) atoms. The summed E-state index contributed by atoms with van der Waals surface area (Å²) in [6, 6.07) is 6.28. The highest BCUT2D eigenvalue weighted by atomic mass is 16.5. The van der Waals surface area contributed by atoms with E-state index in [1.54, 1.807) is 14.0 Å². The summed E-state index contributed by atoms with van der Waals surface area (Å²) >= 11 is 0. The van der Waals surface area contributed by atoms with Crippen molar-refractivity contribution in [3.63, 3.8) is 0 Å². The van der Waals surface area contributed by atoms with E-state index in [2.05, 4.69) is 31.0 Å². The van der Waals surface area contributed by atoms with Gasteiger partial charge in [-0.1, -0.05) is 18.9 Å². The van der Waals surface area contributed by atoms with Crippen LogP contribution in [0, 0.1) is 11.8 Å². The molecule has 0 saturated carbocycles. The summed E-state index contributed by atoms with van der Waals surface area (Å²) in [5.74, 6) is 7.14. The fraction of sp³-hybridized carbons (Fsp3) is 0.467. The van der Waals surface area contributed by atoms with Crippen LogP contribution in [0.25, 0.3) is 0 Å². The van der Waals surface area contributed by atoms with E-state index in [-0.39, 0.29) is 0 Å². The van der Waals surface area contributed by atoms with Crippen molar-refractivity contribution in [2.75, 3.05) is 20.3 Å². The Morgan fingerprint density at radius 1 is 1.33 bits per heavy atom. The zero-order chi connectivity index (χ0) is 13.4. The van der Waals surface area contributed by atoms with E-state index < -0.39 is 0 Å². The summed E-state index contributed by atoms with van der Waals surface area (Å²) in [6.07, 6.45) is 0. The predicted molar refractivity (Wildman–Crippen MR) is 74.0 cm³/mol. The third-order valence-corrected chi connectivity index (χ3v) is 2.67. The van der Waals surface area contributed by atoms with Crippen molar-refractivity contribution in [2.45, 2.75) is 26.8 Å². The fourth-order valence-corrected chi connectivity index (χ4v) is 1.68. The molecule has 0 amide bonds. The van der Waals surface area contributed by atoms with Gasteiger partial charge in [0, 0.05) is 6.04 Å².